The predicted molar refractivity (Wildman–Crippen MR) is 78.0 cm³/mol. The Labute approximate surface area is 118 Å². The Morgan fingerprint density at radius 3 is 2.80 bits per heavy atom. The molecule has 0 saturated heterocycles. The van der Waals surface area contributed by atoms with Crippen molar-refractivity contribution in [3.8, 4) is 5.75 Å². The minimum absolute atomic E-state index is 0.474. The van der Waals surface area contributed by atoms with E-state index in [0.29, 0.717) is 6.61 Å². The molecular weight excluding hydrogens is 252 g/mol. The van der Waals surface area contributed by atoms with Gasteiger partial charge in [0.05, 0.1) is 0 Å². The van der Waals surface area contributed by atoms with Crippen molar-refractivity contribution < 1.29 is 4.74 Å². The minimum atomic E-state index is 0.474. The van der Waals surface area contributed by atoms with Gasteiger partial charge in [-0.1, -0.05) is 0 Å². The molecule has 1 N–H and O–H groups in total. The Morgan fingerprint density at radius 1 is 1.30 bits per heavy atom. The molecule has 0 aliphatic carbocycles. The molecule has 0 spiro atoms. The topological polar surface area (TPSA) is 51.4 Å². The van der Waals surface area contributed by atoms with Crippen LogP contribution in [0.5, 0.6) is 5.75 Å². The van der Waals surface area contributed by atoms with Crippen LogP contribution >= 0.6 is 0 Å². The van der Waals surface area contributed by atoms with Gasteiger partial charge in [0.15, 0.2) is 0 Å². The third-order valence-corrected chi connectivity index (χ3v) is 3.31. The van der Waals surface area contributed by atoms with E-state index in [1.54, 1.807) is 6.20 Å². The lowest BCUT2D eigenvalue weighted by Gasteiger charge is -2.15. The normalized spacial score (nSPS) is 14.6. The van der Waals surface area contributed by atoms with Crippen molar-refractivity contribution in [3.63, 3.8) is 0 Å². The second kappa shape index (κ2) is 5.77. The van der Waals surface area contributed by atoms with E-state index < -0.39 is 0 Å². The number of hydrogen-bond acceptors (Lipinski definition) is 4. The van der Waals surface area contributed by atoms with Crippen LogP contribution < -0.4 is 10.1 Å². The third kappa shape index (κ3) is 2.82. The minimum Gasteiger partial charge on any atom is -0.486 e. The van der Waals surface area contributed by atoms with Crippen LogP contribution in [0.4, 0.5) is 0 Å². The molecular formula is C15H18N4O. The molecule has 3 rings (SSSR count). The van der Waals surface area contributed by atoms with Crippen LogP contribution in [-0.4, -0.2) is 28.5 Å². The van der Waals surface area contributed by atoms with Crippen molar-refractivity contribution >= 4 is 5.84 Å². The first-order valence-electron chi connectivity index (χ1n) is 6.81. The van der Waals surface area contributed by atoms with Crippen LogP contribution in [0.2, 0.25) is 0 Å². The molecule has 2 heterocycles. The second-order valence-electron chi connectivity index (χ2n) is 4.78. The molecule has 2 aromatic rings. The monoisotopic (exact) mass is 270 g/mol. The van der Waals surface area contributed by atoms with Gasteiger partial charge in [-0.15, -0.1) is 0 Å². The van der Waals surface area contributed by atoms with Gasteiger partial charge < -0.3 is 14.6 Å². The molecule has 0 unspecified atom stereocenters. The number of benzene rings is 1. The lowest BCUT2D eigenvalue weighted by molar-refractivity contribution is 0.292. The van der Waals surface area contributed by atoms with Crippen molar-refractivity contribution in [2.45, 2.75) is 13.0 Å². The molecule has 0 atom stereocenters. The van der Waals surface area contributed by atoms with E-state index >= 15 is 0 Å². The largest absolute Gasteiger partial charge is 0.486 e. The second-order valence-corrected chi connectivity index (χ2v) is 4.78. The molecule has 0 fully saturated rings. The van der Waals surface area contributed by atoms with Gasteiger partial charge >= 0.3 is 0 Å². The molecule has 1 aliphatic rings. The number of nitrogens with zero attached hydrogens (tertiary/aromatic N) is 3. The quantitative estimate of drug-likeness (QED) is 0.920. The molecule has 104 valence electrons. The summed E-state index contributed by atoms with van der Waals surface area (Å²) in [6.07, 6.45) is 4.79. The van der Waals surface area contributed by atoms with Crippen LogP contribution in [0, 0.1) is 0 Å². The maximum Gasteiger partial charge on any atom is 0.146 e. The lowest BCUT2D eigenvalue weighted by Crippen LogP contribution is -2.30. The summed E-state index contributed by atoms with van der Waals surface area (Å²) >= 11 is 0. The predicted octanol–water partition coefficient (Wildman–Crippen LogP) is 1.74. The van der Waals surface area contributed by atoms with Gasteiger partial charge in [-0.05, 0) is 30.7 Å². The van der Waals surface area contributed by atoms with E-state index in [2.05, 4.69) is 15.3 Å². The number of nitrogens with one attached hydrogen (secondary N) is 1. The summed E-state index contributed by atoms with van der Waals surface area (Å²) in [5, 5.41) is 3.31. The van der Waals surface area contributed by atoms with Crippen molar-refractivity contribution in [1.82, 2.24) is 14.9 Å². The van der Waals surface area contributed by atoms with E-state index in [4.69, 9.17) is 4.74 Å². The summed E-state index contributed by atoms with van der Waals surface area (Å²) in [5.74, 6) is 2.73. The zero-order valence-corrected chi connectivity index (χ0v) is 11.5. The summed E-state index contributed by atoms with van der Waals surface area (Å²) in [5.41, 5.74) is 1.11. The first-order valence-corrected chi connectivity index (χ1v) is 6.81. The molecule has 0 radical (unpaired) electrons. The van der Waals surface area contributed by atoms with Gasteiger partial charge in [0, 0.05) is 38.1 Å². The van der Waals surface area contributed by atoms with Gasteiger partial charge in [-0.2, -0.15) is 0 Å². The molecule has 0 saturated carbocycles. The van der Waals surface area contributed by atoms with Gasteiger partial charge in [0.2, 0.25) is 0 Å². The van der Waals surface area contributed by atoms with Crippen LogP contribution in [0.25, 0.3) is 0 Å². The van der Waals surface area contributed by atoms with Crippen LogP contribution in [0.15, 0.2) is 41.7 Å². The summed E-state index contributed by atoms with van der Waals surface area (Å²) in [7, 11) is 1.96. The van der Waals surface area contributed by atoms with Crippen molar-refractivity contribution in [3.05, 3.63) is 48.0 Å². The highest BCUT2D eigenvalue weighted by Gasteiger charge is 2.07. The van der Waals surface area contributed by atoms with Gasteiger partial charge in [-0.3, -0.25) is 4.99 Å². The average Bonchev–Trinajstić information content (AvgIpc) is 2.92. The number of rotatable bonds is 4. The van der Waals surface area contributed by atoms with Gasteiger partial charge in [0.1, 0.15) is 24.0 Å². The van der Waals surface area contributed by atoms with Crippen molar-refractivity contribution in [1.29, 1.82) is 0 Å². The zero-order valence-electron chi connectivity index (χ0n) is 11.5. The third-order valence-electron chi connectivity index (χ3n) is 3.31. The Morgan fingerprint density at radius 2 is 2.15 bits per heavy atom. The lowest BCUT2D eigenvalue weighted by atomic mass is 10.2. The van der Waals surface area contributed by atoms with Crippen LogP contribution in [0.1, 0.15) is 17.8 Å². The fourth-order valence-corrected chi connectivity index (χ4v) is 2.12. The maximum atomic E-state index is 5.73. The molecule has 0 amide bonds. The molecule has 20 heavy (non-hydrogen) atoms. The highest BCUT2D eigenvalue weighted by Crippen LogP contribution is 2.14. The fraction of sp³-hybridized carbons (Fsp3) is 0.333. The number of ether oxygens (including phenoxy) is 1. The number of aryl methyl sites for hydroxylation is 1. The van der Waals surface area contributed by atoms with Crippen molar-refractivity contribution in [2.75, 3.05) is 13.1 Å². The number of imidazole rings is 1. The molecule has 5 nitrogen and oxygen atoms in total. The van der Waals surface area contributed by atoms with Gasteiger partial charge in [-0.25, -0.2) is 4.98 Å². The number of hydrogen-bond donors (Lipinski definition) is 1. The van der Waals surface area contributed by atoms with E-state index in [1.807, 2.05) is 42.1 Å². The molecule has 5 heteroatoms. The summed E-state index contributed by atoms with van der Waals surface area (Å²) in [6.45, 7) is 2.37. The number of aliphatic imine (C=N–C) groups is 1. The average molecular weight is 270 g/mol. The summed E-state index contributed by atoms with van der Waals surface area (Å²) < 4.78 is 7.68. The summed E-state index contributed by atoms with van der Waals surface area (Å²) in [6, 6.07) is 8.00. The van der Waals surface area contributed by atoms with E-state index in [-0.39, 0.29) is 0 Å². The maximum absolute atomic E-state index is 5.73. The Hall–Kier alpha value is -2.30. The van der Waals surface area contributed by atoms with E-state index in [9.17, 15) is 0 Å². The molecule has 0 bridgehead atoms. The number of amidine groups is 1. The van der Waals surface area contributed by atoms with Gasteiger partial charge in [0.25, 0.3) is 0 Å². The molecule has 1 aromatic carbocycles. The highest BCUT2D eigenvalue weighted by atomic mass is 16.5. The Balaban J connectivity index is 1.64. The van der Waals surface area contributed by atoms with E-state index in [1.165, 1.54) is 0 Å². The fourth-order valence-electron chi connectivity index (χ4n) is 2.12. The van der Waals surface area contributed by atoms with E-state index in [0.717, 1.165) is 42.5 Å². The Bertz CT molecular complexity index is 601. The van der Waals surface area contributed by atoms with Crippen LogP contribution in [0.3, 0.4) is 0 Å². The van der Waals surface area contributed by atoms with Crippen molar-refractivity contribution in [2.24, 2.45) is 12.0 Å². The first kappa shape index (κ1) is 12.7. The summed E-state index contributed by atoms with van der Waals surface area (Å²) in [4.78, 5) is 8.71. The Kier molecular flexibility index (Phi) is 3.67. The number of aromatic nitrogens is 2. The smallest absolute Gasteiger partial charge is 0.146 e. The molecule has 1 aromatic heterocycles. The first-order chi connectivity index (χ1) is 9.83. The molecule has 1 aliphatic heterocycles. The SMILES string of the molecule is Cn1ccnc1COc1ccc(C2=NCCCN2)cc1. The zero-order chi connectivity index (χ0) is 13.8. The standard InChI is InChI=1S/C15H18N4O/c1-19-10-9-16-14(19)11-20-13-5-3-12(4-6-13)15-17-7-2-8-18-15/h3-6,9-10H,2,7-8,11H2,1H3,(H,17,18). The highest BCUT2D eigenvalue weighted by molar-refractivity contribution is 5.99. The van der Waals surface area contributed by atoms with Crippen LogP contribution in [-0.2, 0) is 13.7 Å².